The average molecular weight is 388 g/mol. The molecule has 0 atom stereocenters. The third kappa shape index (κ3) is 4.46. The number of halogens is 3. The van der Waals surface area contributed by atoms with Gasteiger partial charge in [-0.1, -0.05) is 39.1 Å². The van der Waals surface area contributed by atoms with Crippen LogP contribution in [0.4, 0.5) is 11.4 Å². The SMILES string of the molecule is O=C(Nc1ccc(Br)cc1)C(=O)Nc1ccc(Cl)cc1Cl. The summed E-state index contributed by atoms with van der Waals surface area (Å²) in [6.07, 6.45) is 0. The molecule has 7 heteroatoms. The van der Waals surface area contributed by atoms with Crippen molar-refractivity contribution in [1.29, 1.82) is 0 Å². The highest BCUT2D eigenvalue weighted by Crippen LogP contribution is 2.25. The predicted molar refractivity (Wildman–Crippen MR) is 87.9 cm³/mol. The first-order chi connectivity index (χ1) is 9.95. The number of hydrogen-bond donors (Lipinski definition) is 2. The summed E-state index contributed by atoms with van der Waals surface area (Å²) in [6, 6.07) is 11.4. The Labute approximate surface area is 139 Å². The average Bonchev–Trinajstić information content (AvgIpc) is 2.44. The predicted octanol–water partition coefficient (Wildman–Crippen LogP) is 4.33. The quantitative estimate of drug-likeness (QED) is 0.753. The fraction of sp³-hybridized carbons (Fsp3) is 0. The number of rotatable bonds is 2. The molecule has 0 aliphatic heterocycles. The van der Waals surface area contributed by atoms with E-state index >= 15 is 0 Å². The van der Waals surface area contributed by atoms with Crippen molar-refractivity contribution in [2.45, 2.75) is 0 Å². The van der Waals surface area contributed by atoms with Crippen molar-refractivity contribution in [2.75, 3.05) is 10.6 Å². The van der Waals surface area contributed by atoms with Gasteiger partial charge in [0.2, 0.25) is 0 Å². The smallest absolute Gasteiger partial charge is 0.314 e. The van der Waals surface area contributed by atoms with Crippen molar-refractivity contribution in [3.63, 3.8) is 0 Å². The molecule has 0 aromatic heterocycles. The van der Waals surface area contributed by atoms with Gasteiger partial charge in [-0.15, -0.1) is 0 Å². The Hall–Kier alpha value is -1.56. The van der Waals surface area contributed by atoms with Crippen LogP contribution in [-0.2, 0) is 9.59 Å². The lowest BCUT2D eigenvalue weighted by Crippen LogP contribution is -2.29. The van der Waals surface area contributed by atoms with Gasteiger partial charge in [-0.05, 0) is 42.5 Å². The summed E-state index contributed by atoms with van der Waals surface area (Å²) >= 11 is 15.0. The topological polar surface area (TPSA) is 58.2 Å². The van der Waals surface area contributed by atoms with Crippen LogP contribution in [0.15, 0.2) is 46.9 Å². The zero-order chi connectivity index (χ0) is 15.4. The van der Waals surface area contributed by atoms with Crippen LogP contribution >= 0.6 is 39.1 Å². The van der Waals surface area contributed by atoms with Gasteiger partial charge in [-0.25, -0.2) is 0 Å². The minimum absolute atomic E-state index is 0.257. The number of carbonyl (C=O) groups is 2. The maximum Gasteiger partial charge on any atom is 0.314 e. The van der Waals surface area contributed by atoms with Gasteiger partial charge in [-0.2, -0.15) is 0 Å². The van der Waals surface area contributed by atoms with Gasteiger partial charge in [0.05, 0.1) is 10.7 Å². The van der Waals surface area contributed by atoms with E-state index in [1.807, 2.05) is 0 Å². The van der Waals surface area contributed by atoms with Crippen molar-refractivity contribution in [1.82, 2.24) is 0 Å². The Bertz CT molecular complexity index is 690. The van der Waals surface area contributed by atoms with Crippen molar-refractivity contribution in [2.24, 2.45) is 0 Å². The van der Waals surface area contributed by atoms with Crippen LogP contribution in [0.5, 0.6) is 0 Å². The van der Waals surface area contributed by atoms with Crippen LogP contribution in [-0.4, -0.2) is 11.8 Å². The second-order valence-corrected chi connectivity index (χ2v) is 5.80. The highest BCUT2D eigenvalue weighted by Gasteiger charge is 2.15. The second kappa shape index (κ2) is 6.93. The molecule has 0 radical (unpaired) electrons. The van der Waals surface area contributed by atoms with E-state index in [4.69, 9.17) is 23.2 Å². The number of amides is 2. The maximum atomic E-state index is 11.8. The Morgan fingerprint density at radius 3 is 2.14 bits per heavy atom. The van der Waals surface area contributed by atoms with E-state index in [1.54, 1.807) is 30.3 Å². The lowest BCUT2D eigenvalue weighted by Gasteiger charge is -2.08. The fourth-order valence-electron chi connectivity index (χ4n) is 1.49. The molecular formula is C14H9BrCl2N2O2. The molecule has 4 nitrogen and oxygen atoms in total. The molecule has 21 heavy (non-hydrogen) atoms. The summed E-state index contributed by atoms with van der Waals surface area (Å²) in [5.41, 5.74) is 0.831. The van der Waals surface area contributed by atoms with Crippen LogP contribution in [0.1, 0.15) is 0 Å². The van der Waals surface area contributed by atoms with E-state index in [-0.39, 0.29) is 5.02 Å². The molecule has 108 valence electrons. The molecule has 0 unspecified atom stereocenters. The van der Waals surface area contributed by atoms with Crippen LogP contribution in [0.25, 0.3) is 0 Å². The van der Waals surface area contributed by atoms with Gasteiger partial charge in [0.15, 0.2) is 0 Å². The Kier molecular flexibility index (Phi) is 5.22. The van der Waals surface area contributed by atoms with Gasteiger partial charge in [0, 0.05) is 15.2 Å². The lowest BCUT2D eigenvalue weighted by molar-refractivity contribution is -0.132. The Balaban J connectivity index is 2.02. The molecule has 2 amide bonds. The molecule has 0 aliphatic carbocycles. The van der Waals surface area contributed by atoms with Crippen LogP contribution in [0, 0.1) is 0 Å². The zero-order valence-corrected chi connectivity index (χ0v) is 13.6. The van der Waals surface area contributed by atoms with Gasteiger partial charge in [0.1, 0.15) is 0 Å². The van der Waals surface area contributed by atoms with E-state index < -0.39 is 11.8 Å². The number of nitrogens with one attached hydrogen (secondary N) is 2. The minimum Gasteiger partial charge on any atom is -0.318 e. The van der Waals surface area contributed by atoms with Gasteiger partial charge in [-0.3, -0.25) is 9.59 Å². The number of carbonyl (C=O) groups excluding carboxylic acids is 2. The molecule has 2 aromatic carbocycles. The van der Waals surface area contributed by atoms with Crippen molar-refractivity contribution in [3.05, 3.63) is 57.0 Å². The van der Waals surface area contributed by atoms with Crippen molar-refractivity contribution in [3.8, 4) is 0 Å². The summed E-state index contributed by atoms with van der Waals surface area (Å²) in [4.78, 5) is 23.6. The van der Waals surface area contributed by atoms with Gasteiger partial charge in [0.25, 0.3) is 0 Å². The highest BCUT2D eigenvalue weighted by molar-refractivity contribution is 9.10. The Morgan fingerprint density at radius 1 is 0.905 bits per heavy atom. The van der Waals surface area contributed by atoms with E-state index in [9.17, 15) is 9.59 Å². The summed E-state index contributed by atoms with van der Waals surface area (Å²) in [6.45, 7) is 0. The maximum absolute atomic E-state index is 11.8. The van der Waals surface area contributed by atoms with E-state index in [0.29, 0.717) is 16.4 Å². The second-order valence-electron chi connectivity index (χ2n) is 4.04. The third-order valence-electron chi connectivity index (χ3n) is 2.49. The first kappa shape index (κ1) is 15.8. The largest absolute Gasteiger partial charge is 0.318 e. The van der Waals surface area contributed by atoms with E-state index in [0.717, 1.165) is 4.47 Å². The number of hydrogen-bond acceptors (Lipinski definition) is 2. The Morgan fingerprint density at radius 2 is 1.52 bits per heavy atom. The lowest BCUT2D eigenvalue weighted by atomic mass is 10.3. The molecule has 0 fully saturated rings. The summed E-state index contributed by atoms with van der Waals surface area (Å²) < 4.78 is 0.873. The standard InChI is InChI=1S/C14H9BrCl2N2O2/c15-8-1-4-10(5-2-8)18-13(20)14(21)19-12-6-3-9(16)7-11(12)17/h1-7H,(H,18,20)(H,19,21). The molecule has 2 N–H and O–H groups in total. The molecule has 0 bridgehead atoms. The third-order valence-corrected chi connectivity index (χ3v) is 3.56. The number of anilines is 2. The summed E-state index contributed by atoms with van der Waals surface area (Å²) in [5, 5.41) is 5.60. The molecule has 2 rings (SSSR count). The normalized spacial score (nSPS) is 10.0. The first-order valence-electron chi connectivity index (χ1n) is 5.78. The van der Waals surface area contributed by atoms with E-state index in [2.05, 4.69) is 26.6 Å². The molecule has 0 aliphatic rings. The number of benzene rings is 2. The highest BCUT2D eigenvalue weighted by atomic mass is 79.9. The van der Waals surface area contributed by atoms with Gasteiger partial charge >= 0.3 is 11.8 Å². The summed E-state index contributed by atoms with van der Waals surface area (Å²) in [5.74, 6) is -1.61. The van der Waals surface area contributed by atoms with Crippen LogP contribution in [0.2, 0.25) is 10.0 Å². The van der Waals surface area contributed by atoms with E-state index in [1.165, 1.54) is 12.1 Å². The molecule has 0 saturated carbocycles. The minimum atomic E-state index is -0.817. The van der Waals surface area contributed by atoms with Gasteiger partial charge < -0.3 is 10.6 Å². The zero-order valence-electron chi connectivity index (χ0n) is 10.5. The van der Waals surface area contributed by atoms with Crippen LogP contribution < -0.4 is 10.6 Å². The molecular weight excluding hydrogens is 379 g/mol. The fourth-order valence-corrected chi connectivity index (χ4v) is 2.21. The molecule has 0 spiro atoms. The molecule has 0 heterocycles. The molecule has 2 aromatic rings. The van der Waals surface area contributed by atoms with Crippen LogP contribution in [0.3, 0.4) is 0 Å². The monoisotopic (exact) mass is 386 g/mol. The van der Waals surface area contributed by atoms with Crippen molar-refractivity contribution < 1.29 is 9.59 Å². The summed E-state index contributed by atoms with van der Waals surface area (Å²) in [7, 11) is 0. The first-order valence-corrected chi connectivity index (χ1v) is 7.33. The molecule has 0 saturated heterocycles. The van der Waals surface area contributed by atoms with Crippen molar-refractivity contribution >= 4 is 62.3 Å².